The largest absolute Gasteiger partial charge is 0.309 e. The fourth-order valence-electron chi connectivity index (χ4n) is 2.70. The van der Waals surface area contributed by atoms with E-state index >= 15 is 0 Å². The molecule has 1 atom stereocenters. The third kappa shape index (κ3) is 3.89. The molecule has 1 saturated carbocycles. The lowest BCUT2D eigenvalue weighted by atomic mass is 9.81. The van der Waals surface area contributed by atoms with Gasteiger partial charge in [-0.3, -0.25) is 0 Å². The van der Waals surface area contributed by atoms with Crippen LogP contribution in [0.15, 0.2) is 11.4 Å². The predicted octanol–water partition coefficient (Wildman–Crippen LogP) is 5.27. The molecule has 1 unspecified atom stereocenters. The van der Waals surface area contributed by atoms with Crippen LogP contribution in [0.1, 0.15) is 49.9 Å². The van der Waals surface area contributed by atoms with Crippen LogP contribution in [-0.4, -0.2) is 12.5 Å². The Balaban J connectivity index is 2.08. The molecule has 1 aromatic rings. The van der Waals surface area contributed by atoms with Gasteiger partial charge >= 0.3 is 0 Å². The molecule has 0 amide bonds. The second-order valence-corrected chi connectivity index (χ2v) is 6.61. The second kappa shape index (κ2) is 6.51. The van der Waals surface area contributed by atoms with Gasteiger partial charge in [-0.05, 0) is 43.2 Å². The Morgan fingerprint density at radius 3 is 2.68 bits per heavy atom. The Kier molecular flexibility index (Phi) is 5.21. The molecule has 0 aliphatic heterocycles. The normalized spacial score (nSPS) is 21.5. The average Bonchev–Trinajstić information content (AvgIpc) is 2.78. The van der Waals surface area contributed by atoms with E-state index in [4.69, 9.17) is 11.6 Å². The first-order chi connectivity index (χ1) is 9.03. The van der Waals surface area contributed by atoms with Gasteiger partial charge in [0.15, 0.2) is 0 Å². The van der Waals surface area contributed by atoms with E-state index in [0.29, 0.717) is 12.8 Å². The van der Waals surface area contributed by atoms with Gasteiger partial charge in [-0.15, -0.1) is 11.3 Å². The molecule has 1 aromatic heterocycles. The molecule has 0 radical (unpaired) electrons. The van der Waals surface area contributed by atoms with E-state index in [1.54, 1.807) is 11.3 Å². The zero-order chi connectivity index (χ0) is 13.9. The van der Waals surface area contributed by atoms with E-state index in [9.17, 15) is 8.78 Å². The van der Waals surface area contributed by atoms with Crippen molar-refractivity contribution in [1.82, 2.24) is 5.32 Å². The summed E-state index contributed by atoms with van der Waals surface area (Å²) in [5.74, 6) is -2.20. The number of hydrogen-bond donors (Lipinski definition) is 1. The monoisotopic (exact) mass is 307 g/mol. The highest BCUT2D eigenvalue weighted by Gasteiger charge is 2.38. The third-order valence-electron chi connectivity index (χ3n) is 3.77. The van der Waals surface area contributed by atoms with Crippen LogP contribution in [0.25, 0.3) is 0 Å². The lowest BCUT2D eigenvalue weighted by Crippen LogP contribution is -2.34. The lowest BCUT2D eigenvalue weighted by Gasteiger charge is -2.34. The third-order valence-corrected chi connectivity index (χ3v) is 5.22. The van der Waals surface area contributed by atoms with Gasteiger partial charge in [-0.1, -0.05) is 18.5 Å². The molecular weight excluding hydrogens is 288 g/mol. The van der Waals surface area contributed by atoms with Crippen LogP contribution in [0, 0.1) is 5.92 Å². The Morgan fingerprint density at radius 1 is 1.47 bits per heavy atom. The van der Waals surface area contributed by atoms with E-state index in [0.717, 1.165) is 22.9 Å². The summed E-state index contributed by atoms with van der Waals surface area (Å²) in [5, 5.41) is 6.22. The zero-order valence-corrected chi connectivity index (χ0v) is 12.7. The molecule has 1 heterocycles. The second-order valence-electron chi connectivity index (χ2n) is 5.26. The fraction of sp³-hybridized carbons (Fsp3) is 0.714. The molecule has 0 bridgehead atoms. The Bertz CT molecular complexity index is 398. The van der Waals surface area contributed by atoms with Crippen LogP contribution in [0.3, 0.4) is 0 Å². The molecule has 1 N–H and O–H groups in total. The van der Waals surface area contributed by atoms with Gasteiger partial charge in [0, 0.05) is 23.8 Å². The van der Waals surface area contributed by atoms with Gasteiger partial charge in [-0.25, -0.2) is 8.78 Å². The van der Waals surface area contributed by atoms with Crippen LogP contribution in [-0.2, 0) is 0 Å². The lowest BCUT2D eigenvalue weighted by molar-refractivity contribution is -0.0496. The van der Waals surface area contributed by atoms with Crippen LogP contribution < -0.4 is 5.32 Å². The SMILES string of the molecule is CCCNC(c1sccc1Cl)C1CCC(F)(F)CC1. The number of thiophene rings is 1. The topological polar surface area (TPSA) is 12.0 Å². The number of alkyl halides is 2. The minimum Gasteiger partial charge on any atom is -0.309 e. The Labute approximate surface area is 122 Å². The van der Waals surface area contributed by atoms with Crippen molar-refractivity contribution in [2.75, 3.05) is 6.54 Å². The van der Waals surface area contributed by atoms with Gasteiger partial charge in [0.05, 0.1) is 5.02 Å². The predicted molar refractivity (Wildman–Crippen MR) is 77.3 cm³/mol. The van der Waals surface area contributed by atoms with E-state index in [1.807, 2.05) is 11.4 Å². The van der Waals surface area contributed by atoms with Crippen molar-refractivity contribution in [2.24, 2.45) is 5.92 Å². The maximum atomic E-state index is 13.3. The molecule has 0 spiro atoms. The van der Waals surface area contributed by atoms with Crippen LogP contribution >= 0.6 is 22.9 Å². The summed E-state index contributed by atoms with van der Waals surface area (Å²) in [4.78, 5) is 1.10. The molecule has 19 heavy (non-hydrogen) atoms. The quantitative estimate of drug-likeness (QED) is 0.781. The van der Waals surface area contributed by atoms with Crippen molar-refractivity contribution < 1.29 is 8.78 Å². The van der Waals surface area contributed by atoms with Crippen LogP contribution in [0.5, 0.6) is 0 Å². The maximum absolute atomic E-state index is 13.3. The zero-order valence-electron chi connectivity index (χ0n) is 11.1. The van der Waals surface area contributed by atoms with Gasteiger partial charge < -0.3 is 5.32 Å². The van der Waals surface area contributed by atoms with E-state index in [2.05, 4.69) is 12.2 Å². The first-order valence-corrected chi connectivity index (χ1v) is 8.13. The molecular formula is C14H20ClF2NS. The van der Waals surface area contributed by atoms with Gasteiger partial charge in [0.1, 0.15) is 0 Å². The molecule has 1 nitrogen and oxygen atoms in total. The summed E-state index contributed by atoms with van der Waals surface area (Å²) in [5.41, 5.74) is 0. The summed E-state index contributed by atoms with van der Waals surface area (Å²) in [6.07, 6.45) is 2.18. The summed E-state index contributed by atoms with van der Waals surface area (Å²) in [6.45, 7) is 3.00. The van der Waals surface area contributed by atoms with Crippen molar-refractivity contribution in [3.05, 3.63) is 21.3 Å². The summed E-state index contributed by atoms with van der Waals surface area (Å²) in [7, 11) is 0. The smallest absolute Gasteiger partial charge is 0.248 e. The van der Waals surface area contributed by atoms with Gasteiger partial charge in [0.2, 0.25) is 5.92 Å². The Morgan fingerprint density at radius 2 is 2.16 bits per heavy atom. The van der Waals surface area contributed by atoms with Gasteiger partial charge in [0.25, 0.3) is 0 Å². The standard InChI is InChI=1S/C14H20ClF2NS/c1-2-8-18-12(13-11(15)5-9-19-13)10-3-6-14(16,17)7-4-10/h5,9-10,12,18H,2-4,6-8H2,1H3. The van der Waals surface area contributed by atoms with Crippen molar-refractivity contribution in [3.8, 4) is 0 Å². The van der Waals surface area contributed by atoms with Crippen molar-refractivity contribution in [3.63, 3.8) is 0 Å². The molecule has 2 rings (SSSR count). The highest BCUT2D eigenvalue weighted by Crippen LogP contribution is 2.43. The highest BCUT2D eigenvalue weighted by atomic mass is 35.5. The molecule has 1 aliphatic rings. The van der Waals surface area contributed by atoms with Crippen molar-refractivity contribution >= 4 is 22.9 Å². The Hall–Kier alpha value is -0.190. The van der Waals surface area contributed by atoms with Gasteiger partial charge in [-0.2, -0.15) is 0 Å². The number of rotatable bonds is 5. The minimum absolute atomic E-state index is 0.00493. The summed E-state index contributed by atoms with van der Waals surface area (Å²) in [6, 6.07) is 2.02. The maximum Gasteiger partial charge on any atom is 0.248 e. The number of halogens is 3. The number of nitrogens with one attached hydrogen (secondary N) is 1. The summed E-state index contributed by atoms with van der Waals surface area (Å²) < 4.78 is 26.5. The average molecular weight is 308 g/mol. The molecule has 108 valence electrons. The van der Waals surface area contributed by atoms with Crippen LogP contribution in [0.2, 0.25) is 5.02 Å². The van der Waals surface area contributed by atoms with E-state index < -0.39 is 5.92 Å². The molecule has 1 aliphatic carbocycles. The number of hydrogen-bond acceptors (Lipinski definition) is 2. The van der Waals surface area contributed by atoms with Crippen LogP contribution in [0.4, 0.5) is 8.78 Å². The molecule has 0 aromatic carbocycles. The highest BCUT2D eigenvalue weighted by molar-refractivity contribution is 7.10. The first-order valence-electron chi connectivity index (χ1n) is 6.87. The minimum atomic E-state index is -2.47. The molecule has 5 heteroatoms. The van der Waals surface area contributed by atoms with E-state index in [-0.39, 0.29) is 24.8 Å². The summed E-state index contributed by atoms with van der Waals surface area (Å²) >= 11 is 7.83. The van der Waals surface area contributed by atoms with Crippen molar-refractivity contribution in [2.45, 2.75) is 51.0 Å². The van der Waals surface area contributed by atoms with Crippen molar-refractivity contribution in [1.29, 1.82) is 0 Å². The first kappa shape index (κ1) is 15.2. The van der Waals surface area contributed by atoms with E-state index in [1.165, 1.54) is 0 Å². The molecule has 1 fully saturated rings. The fourth-order valence-corrected chi connectivity index (χ4v) is 4.04. The molecule has 0 saturated heterocycles.